The smallest absolute Gasteiger partial charge is 0.232 e. The van der Waals surface area contributed by atoms with Crippen molar-refractivity contribution in [1.82, 2.24) is 5.32 Å². The highest BCUT2D eigenvalue weighted by Gasteiger charge is 2.18. The first-order chi connectivity index (χ1) is 9.85. The molecule has 0 unspecified atom stereocenters. The van der Waals surface area contributed by atoms with Crippen LogP contribution in [0.25, 0.3) is 0 Å². The molecular formula is C15H22ClNO3S. The molecule has 0 spiro atoms. The van der Waals surface area contributed by atoms with Crippen LogP contribution in [-0.2, 0) is 22.1 Å². The summed E-state index contributed by atoms with van der Waals surface area (Å²) in [5, 5.41) is 3.33. The summed E-state index contributed by atoms with van der Waals surface area (Å²) in [6.07, 6.45) is 0. The van der Waals surface area contributed by atoms with Gasteiger partial charge in [-0.1, -0.05) is 32.4 Å². The minimum Gasteiger partial charge on any atom is -0.496 e. The van der Waals surface area contributed by atoms with Crippen molar-refractivity contribution < 1.29 is 13.7 Å². The first kappa shape index (κ1) is 18.0. The van der Waals surface area contributed by atoms with E-state index in [1.165, 1.54) is 0 Å². The van der Waals surface area contributed by atoms with Gasteiger partial charge in [0.15, 0.2) is 0 Å². The summed E-state index contributed by atoms with van der Waals surface area (Å²) in [4.78, 5) is 11.9. The van der Waals surface area contributed by atoms with Crippen molar-refractivity contribution in [3.8, 4) is 5.75 Å². The van der Waals surface area contributed by atoms with Crippen molar-refractivity contribution in [2.75, 3.05) is 12.9 Å². The molecule has 1 aromatic rings. The average Bonchev–Trinajstić information content (AvgIpc) is 2.44. The number of amides is 1. The van der Waals surface area contributed by atoms with Gasteiger partial charge in [-0.3, -0.25) is 9.00 Å². The van der Waals surface area contributed by atoms with Gasteiger partial charge in [0.1, 0.15) is 11.5 Å². The molecule has 0 saturated heterocycles. The molecule has 1 rings (SSSR count). The number of nitrogens with one attached hydrogen (secondary N) is 1. The molecule has 1 aromatic carbocycles. The molecule has 0 aliphatic heterocycles. The largest absolute Gasteiger partial charge is 0.496 e. The fraction of sp³-hybridized carbons (Fsp3) is 0.533. The molecule has 0 heterocycles. The molecule has 1 N–H and O–H groups in total. The number of benzene rings is 1. The van der Waals surface area contributed by atoms with Gasteiger partial charge >= 0.3 is 0 Å². The minimum absolute atomic E-state index is 0.00328. The summed E-state index contributed by atoms with van der Waals surface area (Å²) in [7, 11) is 0.400. The molecule has 0 bridgehead atoms. The van der Waals surface area contributed by atoms with E-state index in [2.05, 4.69) is 5.32 Å². The predicted molar refractivity (Wildman–Crippen MR) is 87.2 cm³/mol. The maximum absolute atomic E-state index is 12.0. The van der Waals surface area contributed by atoms with Crippen molar-refractivity contribution in [3.63, 3.8) is 0 Å². The van der Waals surface area contributed by atoms with Crippen molar-refractivity contribution in [3.05, 3.63) is 28.8 Å². The number of methoxy groups -OCH3 is 1. The van der Waals surface area contributed by atoms with Gasteiger partial charge in [0, 0.05) is 33.2 Å². The number of carbonyl (C=O) groups excluding carboxylic acids is 1. The van der Waals surface area contributed by atoms with E-state index in [-0.39, 0.29) is 22.8 Å². The summed E-state index contributed by atoms with van der Waals surface area (Å²) < 4.78 is 17.2. The van der Waals surface area contributed by atoms with Gasteiger partial charge in [-0.15, -0.1) is 0 Å². The second-order valence-corrected chi connectivity index (χ2v) is 7.44. The Morgan fingerprint density at radius 2 is 2.05 bits per heavy atom. The van der Waals surface area contributed by atoms with E-state index in [0.717, 1.165) is 5.56 Å². The van der Waals surface area contributed by atoms with Gasteiger partial charge in [-0.25, -0.2) is 0 Å². The monoisotopic (exact) mass is 331 g/mol. The maximum Gasteiger partial charge on any atom is 0.232 e. The quantitative estimate of drug-likeness (QED) is 0.835. The normalized spacial score (nSPS) is 13.8. The first-order valence-electron chi connectivity index (χ1n) is 6.81. The fourth-order valence-corrected chi connectivity index (χ4v) is 3.12. The Kier molecular flexibility index (Phi) is 7.18. The van der Waals surface area contributed by atoms with Crippen LogP contribution in [-0.4, -0.2) is 28.2 Å². The molecule has 0 aromatic heterocycles. The lowest BCUT2D eigenvalue weighted by Gasteiger charge is -2.15. The van der Waals surface area contributed by atoms with Gasteiger partial charge in [-0.2, -0.15) is 0 Å². The zero-order valence-corrected chi connectivity index (χ0v) is 14.4. The van der Waals surface area contributed by atoms with Crippen LogP contribution in [0.1, 0.15) is 26.3 Å². The van der Waals surface area contributed by atoms with Crippen LogP contribution in [0.4, 0.5) is 0 Å². The van der Waals surface area contributed by atoms with Crippen LogP contribution in [0.15, 0.2) is 18.2 Å². The van der Waals surface area contributed by atoms with Crippen molar-refractivity contribution in [2.45, 2.75) is 32.6 Å². The molecule has 0 radical (unpaired) electrons. The van der Waals surface area contributed by atoms with Crippen molar-refractivity contribution in [1.29, 1.82) is 0 Å². The van der Waals surface area contributed by atoms with Gasteiger partial charge in [-0.05, 0) is 24.1 Å². The molecule has 118 valence electrons. The SMILES string of the molecule is COc1ccc(Cl)cc1CNC(=O)C[S@](=O)[C@@H](C)C(C)C. The molecule has 2 atom stereocenters. The van der Waals surface area contributed by atoms with Crippen molar-refractivity contribution in [2.24, 2.45) is 5.92 Å². The number of ether oxygens (including phenoxy) is 1. The standard InChI is InChI=1S/C15H22ClNO3S/c1-10(2)11(3)21(19)9-15(18)17-8-12-7-13(16)5-6-14(12)20-4/h5-7,10-11H,8-9H2,1-4H3,(H,17,18)/t11-,21-/m0/s1. The predicted octanol–water partition coefficient (Wildman–Crippen LogP) is 2.76. The van der Waals surface area contributed by atoms with E-state index in [0.29, 0.717) is 17.3 Å². The number of carbonyl (C=O) groups is 1. The van der Waals surface area contributed by atoms with Crippen LogP contribution in [0, 0.1) is 5.92 Å². The van der Waals surface area contributed by atoms with Crippen molar-refractivity contribution >= 4 is 28.3 Å². The second-order valence-electron chi connectivity index (χ2n) is 5.21. The number of hydrogen-bond donors (Lipinski definition) is 1. The molecule has 0 saturated carbocycles. The van der Waals surface area contributed by atoms with Crippen LogP contribution in [0.2, 0.25) is 5.02 Å². The van der Waals surface area contributed by atoms with Gasteiger partial charge in [0.25, 0.3) is 0 Å². The third-order valence-electron chi connectivity index (χ3n) is 3.35. The molecule has 1 amide bonds. The molecule has 0 fully saturated rings. The Bertz CT molecular complexity index is 520. The molecule has 0 aliphatic rings. The number of rotatable bonds is 7. The highest BCUT2D eigenvalue weighted by Crippen LogP contribution is 2.22. The van der Waals surface area contributed by atoms with E-state index < -0.39 is 10.8 Å². The molecule has 0 aliphatic carbocycles. The van der Waals surface area contributed by atoms with Gasteiger partial charge in [0.2, 0.25) is 5.91 Å². The number of halogens is 1. The van der Waals surface area contributed by atoms with Crippen LogP contribution >= 0.6 is 11.6 Å². The van der Waals surface area contributed by atoms with Crippen LogP contribution < -0.4 is 10.1 Å². The summed E-state index contributed by atoms with van der Waals surface area (Å²) in [5.74, 6) is 0.730. The Morgan fingerprint density at radius 3 is 2.62 bits per heavy atom. The Balaban J connectivity index is 2.57. The van der Waals surface area contributed by atoms with E-state index in [9.17, 15) is 9.00 Å². The molecule has 21 heavy (non-hydrogen) atoms. The summed E-state index contributed by atoms with van der Waals surface area (Å²) in [5.41, 5.74) is 0.793. The van der Waals surface area contributed by atoms with Gasteiger partial charge < -0.3 is 10.1 Å². The second kappa shape index (κ2) is 8.39. The van der Waals surface area contributed by atoms with Gasteiger partial charge in [0.05, 0.1) is 7.11 Å². The van der Waals surface area contributed by atoms with E-state index in [1.54, 1.807) is 25.3 Å². The lowest BCUT2D eigenvalue weighted by atomic mass is 10.2. The molecule has 6 heteroatoms. The third kappa shape index (κ3) is 5.67. The van der Waals surface area contributed by atoms with Crippen LogP contribution in [0.3, 0.4) is 0 Å². The Labute approximate surface area is 133 Å². The third-order valence-corrected chi connectivity index (χ3v) is 5.50. The summed E-state index contributed by atoms with van der Waals surface area (Å²) in [6.45, 7) is 6.19. The van der Waals surface area contributed by atoms with E-state index >= 15 is 0 Å². The zero-order chi connectivity index (χ0) is 16.0. The topological polar surface area (TPSA) is 55.4 Å². The Morgan fingerprint density at radius 1 is 1.38 bits per heavy atom. The Hall–Kier alpha value is -1.07. The fourth-order valence-electron chi connectivity index (χ4n) is 1.69. The average molecular weight is 332 g/mol. The highest BCUT2D eigenvalue weighted by molar-refractivity contribution is 7.86. The lowest BCUT2D eigenvalue weighted by molar-refractivity contribution is -0.118. The molecular weight excluding hydrogens is 310 g/mol. The minimum atomic E-state index is -1.16. The first-order valence-corrected chi connectivity index (χ1v) is 8.57. The highest BCUT2D eigenvalue weighted by atomic mass is 35.5. The molecule has 4 nitrogen and oxygen atoms in total. The van der Waals surface area contributed by atoms with E-state index in [4.69, 9.17) is 16.3 Å². The lowest BCUT2D eigenvalue weighted by Crippen LogP contribution is -2.32. The maximum atomic E-state index is 12.0. The summed E-state index contributed by atoms with van der Waals surface area (Å²) >= 11 is 5.93. The summed E-state index contributed by atoms with van der Waals surface area (Å²) in [6, 6.07) is 5.22. The number of hydrogen-bond acceptors (Lipinski definition) is 3. The van der Waals surface area contributed by atoms with Crippen LogP contribution in [0.5, 0.6) is 5.75 Å². The zero-order valence-electron chi connectivity index (χ0n) is 12.8. The van der Waals surface area contributed by atoms with E-state index in [1.807, 2.05) is 20.8 Å².